The van der Waals surface area contributed by atoms with Crippen LogP contribution in [-0.4, -0.2) is 52.3 Å². The molecule has 0 saturated carbocycles. The number of aromatic nitrogens is 3. The highest BCUT2D eigenvalue weighted by atomic mass is 19.4. The molecule has 1 fully saturated rings. The molecule has 2 aromatic heterocycles. The van der Waals surface area contributed by atoms with Gasteiger partial charge in [0.1, 0.15) is 11.6 Å². The molecule has 1 aromatic carbocycles. The zero-order valence-electron chi connectivity index (χ0n) is 22.1. The maximum absolute atomic E-state index is 13.2. The van der Waals surface area contributed by atoms with Crippen molar-refractivity contribution in [2.75, 3.05) is 29.9 Å². The molecule has 3 aromatic rings. The van der Waals surface area contributed by atoms with Crippen molar-refractivity contribution in [3.8, 4) is 0 Å². The number of piperidine rings is 1. The number of hydrogen-bond donors (Lipinski definition) is 1. The van der Waals surface area contributed by atoms with Crippen LogP contribution in [0.2, 0.25) is 0 Å². The summed E-state index contributed by atoms with van der Waals surface area (Å²) in [6, 6.07) is 11.5. The van der Waals surface area contributed by atoms with Gasteiger partial charge in [0.15, 0.2) is 0 Å². The fraction of sp³-hybridized carbons (Fsp3) is 0.393. The van der Waals surface area contributed by atoms with Gasteiger partial charge in [0, 0.05) is 37.6 Å². The molecule has 0 aliphatic carbocycles. The number of halogens is 3. The number of pyridine rings is 1. The molecular weight excluding hydrogens is 527 g/mol. The van der Waals surface area contributed by atoms with Crippen LogP contribution >= 0.6 is 0 Å². The normalized spacial score (nSPS) is 15.0. The van der Waals surface area contributed by atoms with Gasteiger partial charge in [-0.3, -0.25) is 9.36 Å². The summed E-state index contributed by atoms with van der Waals surface area (Å²) in [5.74, 6) is -2.23. The highest BCUT2D eigenvalue weighted by Crippen LogP contribution is 2.27. The van der Waals surface area contributed by atoms with Crippen molar-refractivity contribution >= 4 is 23.6 Å². The minimum Gasteiger partial charge on any atom is -0.386 e. The molecule has 0 radical (unpaired) electrons. The van der Waals surface area contributed by atoms with Gasteiger partial charge in [-0.05, 0) is 50.3 Å². The predicted octanol–water partition coefficient (Wildman–Crippen LogP) is 4.20. The van der Waals surface area contributed by atoms with E-state index >= 15 is 0 Å². The van der Waals surface area contributed by atoms with Crippen molar-refractivity contribution in [2.24, 2.45) is 5.92 Å². The lowest BCUT2D eigenvalue weighted by molar-refractivity contribution is -0.202. The molecule has 4 rings (SSSR count). The number of benzene rings is 1. The van der Waals surface area contributed by atoms with Crippen LogP contribution in [0.5, 0.6) is 0 Å². The fourth-order valence-electron chi connectivity index (χ4n) is 4.69. The van der Waals surface area contributed by atoms with Crippen LogP contribution in [0.1, 0.15) is 42.0 Å². The minimum atomic E-state index is -5.31. The highest BCUT2D eigenvalue weighted by molar-refractivity contribution is 5.88. The summed E-state index contributed by atoms with van der Waals surface area (Å²) in [5.41, 5.74) is 1.40. The minimum absolute atomic E-state index is 0.426. The molecule has 212 valence electrons. The van der Waals surface area contributed by atoms with Crippen molar-refractivity contribution < 1.29 is 27.5 Å². The SMILES string of the molecule is Cc1ccc(C(CC(=O)OC(=O)C(F)(F)F)n2cc(C)c(N3CCC(CNc4ccccn4)CC3)nc2=O)cc1. The van der Waals surface area contributed by atoms with Gasteiger partial charge in [0.25, 0.3) is 0 Å². The number of carbonyl (C=O) groups excluding carboxylic acids is 2. The third kappa shape index (κ3) is 7.25. The van der Waals surface area contributed by atoms with E-state index in [1.165, 1.54) is 4.57 Å². The van der Waals surface area contributed by atoms with Gasteiger partial charge in [-0.1, -0.05) is 35.9 Å². The van der Waals surface area contributed by atoms with Crippen molar-refractivity contribution in [3.05, 3.63) is 82.0 Å². The second kappa shape index (κ2) is 12.3. The Morgan fingerprint density at radius 3 is 2.42 bits per heavy atom. The molecule has 12 heteroatoms. The summed E-state index contributed by atoms with van der Waals surface area (Å²) < 4.78 is 43.1. The number of aryl methyl sites for hydroxylation is 2. The first kappa shape index (κ1) is 28.8. The molecule has 40 heavy (non-hydrogen) atoms. The lowest BCUT2D eigenvalue weighted by atomic mass is 9.96. The predicted molar refractivity (Wildman–Crippen MR) is 142 cm³/mol. The van der Waals surface area contributed by atoms with Crippen LogP contribution in [0, 0.1) is 19.8 Å². The Balaban J connectivity index is 1.50. The molecule has 1 saturated heterocycles. The van der Waals surface area contributed by atoms with E-state index in [2.05, 4.69) is 20.0 Å². The van der Waals surface area contributed by atoms with Crippen LogP contribution in [0.15, 0.2) is 59.7 Å². The van der Waals surface area contributed by atoms with E-state index in [0.717, 1.165) is 30.8 Å². The number of esters is 2. The smallest absolute Gasteiger partial charge is 0.386 e. The van der Waals surface area contributed by atoms with Gasteiger partial charge < -0.3 is 15.0 Å². The van der Waals surface area contributed by atoms with E-state index in [1.807, 2.05) is 30.0 Å². The first-order chi connectivity index (χ1) is 19.0. The number of ether oxygens (including phenoxy) is 1. The molecule has 3 heterocycles. The summed E-state index contributed by atoms with van der Waals surface area (Å²) in [6.45, 7) is 5.80. The molecule has 1 unspecified atom stereocenters. The zero-order valence-corrected chi connectivity index (χ0v) is 22.1. The first-order valence-corrected chi connectivity index (χ1v) is 12.9. The Morgan fingerprint density at radius 1 is 1.10 bits per heavy atom. The quantitative estimate of drug-likeness (QED) is 0.325. The van der Waals surface area contributed by atoms with E-state index in [4.69, 9.17) is 0 Å². The number of hydrogen-bond acceptors (Lipinski definition) is 8. The summed E-state index contributed by atoms with van der Waals surface area (Å²) in [5, 5.41) is 3.34. The molecule has 0 bridgehead atoms. The second-order valence-electron chi connectivity index (χ2n) is 9.85. The van der Waals surface area contributed by atoms with Crippen molar-refractivity contribution in [3.63, 3.8) is 0 Å². The molecule has 1 aliphatic rings. The summed E-state index contributed by atoms with van der Waals surface area (Å²) in [6.07, 6.45) is -0.934. The molecule has 9 nitrogen and oxygen atoms in total. The molecule has 1 atom stereocenters. The van der Waals surface area contributed by atoms with Crippen molar-refractivity contribution in [1.29, 1.82) is 0 Å². The Labute approximate surface area is 229 Å². The van der Waals surface area contributed by atoms with E-state index in [-0.39, 0.29) is 0 Å². The Kier molecular flexibility index (Phi) is 8.86. The molecular formula is C28H30F3N5O4. The Bertz CT molecular complexity index is 1390. The van der Waals surface area contributed by atoms with Gasteiger partial charge in [-0.25, -0.2) is 14.6 Å². The number of alkyl halides is 3. The molecule has 1 N–H and O–H groups in total. The summed E-state index contributed by atoms with van der Waals surface area (Å²) in [4.78, 5) is 47.3. The maximum Gasteiger partial charge on any atom is 0.491 e. The van der Waals surface area contributed by atoms with E-state index in [1.54, 1.807) is 43.6 Å². The molecule has 0 spiro atoms. The van der Waals surface area contributed by atoms with Gasteiger partial charge in [0.2, 0.25) is 0 Å². The summed E-state index contributed by atoms with van der Waals surface area (Å²) in [7, 11) is 0. The van der Waals surface area contributed by atoms with Crippen LogP contribution in [0.25, 0.3) is 0 Å². The van der Waals surface area contributed by atoms with Gasteiger partial charge >= 0.3 is 23.8 Å². The standard InChI is InChI=1S/C28H30F3N5O4/c1-18-6-8-21(9-7-18)22(15-24(37)40-26(38)28(29,30)31)36-17-19(2)25(34-27(36)39)35-13-10-20(11-14-35)16-33-23-5-3-4-12-32-23/h3-9,12,17,20,22H,10-11,13-16H2,1-2H3,(H,32,33). The van der Waals surface area contributed by atoms with E-state index in [0.29, 0.717) is 36.0 Å². The van der Waals surface area contributed by atoms with Crippen LogP contribution < -0.4 is 15.9 Å². The fourth-order valence-corrected chi connectivity index (χ4v) is 4.69. The van der Waals surface area contributed by atoms with Crippen molar-refractivity contribution in [2.45, 2.75) is 45.3 Å². The largest absolute Gasteiger partial charge is 0.491 e. The lowest BCUT2D eigenvalue weighted by Crippen LogP contribution is -2.39. The number of anilines is 2. The van der Waals surface area contributed by atoms with Crippen molar-refractivity contribution in [1.82, 2.24) is 14.5 Å². The van der Waals surface area contributed by atoms with Crippen LogP contribution in [0.3, 0.4) is 0 Å². The highest BCUT2D eigenvalue weighted by Gasteiger charge is 2.42. The maximum atomic E-state index is 13.2. The average Bonchev–Trinajstić information content (AvgIpc) is 2.93. The lowest BCUT2D eigenvalue weighted by Gasteiger charge is -2.34. The Morgan fingerprint density at radius 2 is 1.80 bits per heavy atom. The number of rotatable bonds is 8. The van der Waals surface area contributed by atoms with Gasteiger partial charge in [-0.2, -0.15) is 18.2 Å². The van der Waals surface area contributed by atoms with Crippen LogP contribution in [-0.2, 0) is 14.3 Å². The average molecular weight is 558 g/mol. The number of carbonyl (C=O) groups is 2. The third-order valence-electron chi connectivity index (χ3n) is 6.85. The van der Waals surface area contributed by atoms with Gasteiger partial charge in [-0.15, -0.1) is 0 Å². The third-order valence-corrected chi connectivity index (χ3v) is 6.85. The number of nitrogens with zero attached hydrogens (tertiary/aromatic N) is 4. The van der Waals surface area contributed by atoms with E-state index < -0.39 is 36.3 Å². The second-order valence-corrected chi connectivity index (χ2v) is 9.85. The number of nitrogens with one attached hydrogen (secondary N) is 1. The molecule has 1 aliphatic heterocycles. The summed E-state index contributed by atoms with van der Waals surface area (Å²) >= 11 is 0. The van der Waals surface area contributed by atoms with Crippen LogP contribution in [0.4, 0.5) is 24.8 Å². The monoisotopic (exact) mass is 557 g/mol. The Hall–Kier alpha value is -4.22. The topological polar surface area (TPSA) is 106 Å². The van der Waals surface area contributed by atoms with E-state index in [9.17, 15) is 27.6 Å². The zero-order chi connectivity index (χ0) is 28.9. The first-order valence-electron chi connectivity index (χ1n) is 12.9. The molecule has 0 amide bonds. The van der Waals surface area contributed by atoms with Gasteiger partial charge in [0.05, 0.1) is 12.5 Å².